The molecule has 0 amide bonds. The van der Waals surface area contributed by atoms with Crippen molar-refractivity contribution in [2.45, 2.75) is 13.3 Å². The van der Waals surface area contributed by atoms with Crippen molar-refractivity contribution in [2.24, 2.45) is 5.73 Å². The summed E-state index contributed by atoms with van der Waals surface area (Å²) in [5, 5.41) is 8.02. The van der Waals surface area contributed by atoms with Crippen LogP contribution in [0.1, 0.15) is 18.1 Å². The molecule has 1 aromatic carbocycles. The maximum absolute atomic E-state index is 7.29. The molecule has 2 rings (SSSR count). The van der Waals surface area contributed by atoms with Gasteiger partial charge >= 0.3 is 0 Å². The van der Waals surface area contributed by atoms with E-state index in [-0.39, 0.29) is 5.84 Å². The number of hydrogen-bond donors (Lipinski definition) is 2. The molecule has 4 nitrogen and oxygen atoms in total. The van der Waals surface area contributed by atoms with E-state index >= 15 is 0 Å². The summed E-state index contributed by atoms with van der Waals surface area (Å²) >= 11 is 6.05. The minimum absolute atomic E-state index is 0.0150. The van der Waals surface area contributed by atoms with Gasteiger partial charge in [-0.05, 0) is 36.2 Å². The first-order valence-corrected chi connectivity index (χ1v) is 6.24. The molecule has 5 heteroatoms. The number of hydrogen-bond acceptors (Lipinski definition) is 3. The normalized spacial score (nSPS) is 10.2. The summed E-state index contributed by atoms with van der Waals surface area (Å²) in [4.78, 5) is 4.10. The predicted molar refractivity (Wildman–Crippen MR) is 76.2 cm³/mol. The van der Waals surface area contributed by atoms with E-state index in [1.54, 1.807) is 24.3 Å². The Morgan fingerprint density at radius 3 is 2.74 bits per heavy atom. The molecular formula is C14H14ClN3O. The van der Waals surface area contributed by atoms with E-state index in [0.29, 0.717) is 17.2 Å². The van der Waals surface area contributed by atoms with Gasteiger partial charge in [0.25, 0.3) is 0 Å². The molecule has 98 valence electrons. The van der Waals surface area contributed by atoms with Gasteiger partial charge in [-0.1, -0.05) is 18.5 Å². The van der Waals surface area contributed by atoms with Crippen LogP contribution in [0.25, 0.3) is 0 Å². The molecule has 0 fully saturated rings. The standard InChI is InChI=1S/C14H14ClN3O/c1-2-9-7-11(4-5-12(9)15)19-13-6-3-10(8-18-13)14(16)17/h3-8H,2H2,1H3,(H3,16,17). The van der Waals surface area contributed by atoms with Crippen LogP contribution < -0.4 is 10.5 Å². The lowest BCUT2D eigenvalue weighted by molar-refractivity contribution is 0.462. The summed E-state index contributed by atoms with van der Waals surface area (Å²) in [5.41, 5.74) is 6.95. The van der Waals surface area contributed by atoms with Crippen molar-refractivity contribution in [3.63, 3.8) is 0 Å². The topological polar surface area (TPSA) is 72.0 Å². The van der Waals surface area contributed by atoms with E-state index in [1.165, 1.54) is 6.20 Å². The number of nitrogens with two attached hydrogens (primary N) is 1. The lowest BCUT2D eigenvalue weighted by Gasteiger charge is -2.08. The van der Waals surface area contributed by atoms with E-state index in [4.69, 9.17) is 27.5 Å². The number of halogens is 1. The molecule has 0 atom stereocenters. The Labute approximate surface area is 116 Å². The molecule has 0 saturated heterocycles. The second-order valence-electron chi connectivity index (χ2n) is 4.01. The fourth-order valence-electron chi connectivity index (χ4n) is 1.61. The Hall–Kier alpha value is -2.07. The Morgan fingerprint density at radius 1 is 1.37 bits per heavy atom. The second kappa shape index (κ2) is 5.71. The highest BCUT2D eigenvalue weighted by Crippen LogP contribution is 2.25. The highest BCUT2D eigenvalue weighted by Gasteiger charge is 2.04. The monoisotopic (exact) mass is 275 g/mol. The number of pyridine rings is 1. The lowest BCUT2D eigenvalue weighted by Crippen LogP contribution is -2.11. The zero-order valence-electron chi connectivity index (χ0n) is 10.5. The smallest absolute Gasteiger partial charge is 0.219 e. The van der Waals surface area contributed by atoms with Crippen molar-refractivity contribution in [2.75, 3.05) is 0 Å². The molecular weight excluding hydrogens is 262 g/mol. The molecule has 0 aliphatic carbocycles. The third-order valence-electron chi connectivity index (χ3n) is 2.67. The molecule has 1 heterocycles. The van der Waals surface area contributed by atoms with Crippen LogP contribution in [0.5, 0.6) is 11.6 Å². The fourth-order valence-corrected chi connectivity index (χ4v) is 1.86. The molecule has 0 radical (unpaired) electrons. The largest absolute Gasteiger partial charge is 0.439 e. The SMILES string of the molecule is CCc1cc(Oc2ccc(C(=N)N)cn2)ccc1Cl. The van der Waals surface area contributed by atoms with Crippen molar-refractivity contribution >= 4 is 17.4 Å². The van der Waals surface area contributed by atoms with Gasteiger partial charge < -0.3 is 10.5 Å². The number of ether oxygens (including phenoxy) is 1. The zero-order valence-corrected chi connectivity index (χ0v) is 11.2. The highest BCUT2D eigenvalue weighted by molar-refractivity contribution is 6.31. The van der Waals surface area contributed by atoms with Crippen LogP contribution in [0.15, 0.2) is 36.5 Å². The van der Waals surface area contributed by atoms with Gasteiger partial charge in [-0.15, -0.1) is 0 Å². The first-order chi connectivity index (χ1) is 9.10. The summed E-state index contributed by atoms with van der Waals surface area (Å²) in [6.45, 7) is 2.03. The lowest BCUT2D eigenvalue weighted by atomic mass is 10.1. The number of aryl methyl sites for hydroxylation is 1. The van der Waals surface area contributed by atoms with Gasteiger partial charge in [-0.3, -0.25) is 5.41 Å². The van der Waals surface area contributed by atoms with Gasteiger partial charge in [0.15, 0.2) is 0 Å². The number of nitrogens with zero attached hydrogens (tertiary/aromatic N) is 1. The molecule has 2 aromatic rings. The van der Waals surface area contributed by atoms with Crippen LogP contribution in [0.3, 0.4) is 0 Å². The molecule has 0 spiro atoms. The summed E-state index contributed by atoms with van der Waals surface area (Å²) in [5.74, 6) is 1.12. The number of benzene rings is 1. The van der Waals surface area contributed by atoms with Crippen LogP contribution in [-0.4, -0.2) is 10.8 Å². The average molecular weight is 276 g/mol. The van der Waals surface area contributed by atoms with Crippen molar-refractivity contribution in [1.82, 2.24) is 4.98 Å². The maximum Gasteiger partial charge on any atom is 0.219 e. The van der Waals surface area contributed by atoms with Gasteiger partial charge in [-0.2, -0.15) is 0 Å². The molecule has 0 saturated carbocycles. The van der Waals surface area contributed by atoms with Crippen molar-refractivity contribution in [3.8, 4) is 11.6 Å². The zero-order chi connectivity index (χ0) is 13.8. The first kappa shape index (κ1) is 13.4. The van der Waals surface area contributed by atoms with Crippen LogP contribution in [0.2, 0.25) is 5.02 Å². The number of nitrogens with one attached hydrogen (secondary N) is 1. The minimum Gasteiger partial charge on any atom is -0.439 e. The van der Waals surface area contributed by atoms with Gasteiger partial charge in [0.2, 0.25) is 5.88 Å². The van der Waals surface area contributed by atoms with Gasteiger partial charge in [-0.25, -0.2) is 4.98 Å². The van der Waals surface area contributed by atoms with Crippen LogP contribution in [-0.2, 0) is 6.42 Å². The highest BCUT2D eigenvalue weighted by atomic mass is 35.5. The third-order valence-corrected chi connectivity index (χ3v) is 3.04. The second-order valence-corrected chi connectivity index (χ2v) is 4.41. The minimum atomic E-state index is -0.0150. The van der Waals surface area contributed by atoms with E-state index in [0.717, 1.165) is 17.0 Å². The van der Waals surface area contributed by atoms with E-state index < -0.39 is 0 Å². The summed E-state index contributed by atoms with van der Waals surface area (Å²) in [6, 6.07) is 8.86. The summed E-state index contributed by atoms with van der Waals surface area (Å²) in [6.07, 6.45) is 2.35. The summed E-state index contributed by atoms with van der Waals surface area (Å²) in [7, 11) is 0. The molecule has 0 bridgehead atoms. The van der Waals surface area contributed by atoms with E-state index in [9.17, 15) is 0 Å². The van der Waals surface area contributed by atoms with Gasteiger partial charge in [0, 0.05) is 22.8 Å². The molecule has 0 unspecified atom stereocenters. The van der Waals surface area contributed by atoms with Crippen molar-refractivity contribution in [3.05, 3.63) is 52.7 Å². The molecule has 3 N–H and O–H groups in total. The number of aromatic nitrogens is 1. The Balaban J connectivity index is 2.19. The molecule has 0 aliphatic rings. The van der Waals surface area contributed by atoms with Crippen molar-refractivity contribution in [1.29, 1.82) is 5.41 Å². The van der Waals surface area contributed by atoms with Crippen LogP contribution in [0, 0.1) is 5.41 Å². The van der Waals surface area contributed by atoms with E-state index in [1.807, 2.05) is 13.0 Å². The molecule has 0 aliphatic heterocycles. The summed E-state index contributed by atoms with van der Waals surface area (Å²) < 4.78 is 5.63. The van der Waals surface area contributed by atoms with Gasteiger partial charge in [0.05, 0.1) is 0 Å². The Kier molecular flexibility index (Phi) is 4.02. The maximum atomic E-state index is 7.29. The Bertz CT molecular complexity index is 596. The molecule has 1 aromatic heterocycles. The van der Waals surface area contributed by atoms with Crippen molar-refractivity contribution < 1.29 is 4.74 Å². The van der Waals surface area contributed by atoms with Crippen LogP contribution >= 0.6 is 11.6 Å². The number of amidine groups is 1. The average Bonchev–Trinajstić information content (AvgIpc) is 2.41. The van der Waals surface area contributed by atoms with Crippen LogP contribution in [0.4, 0.5) is 0 Å². The fraction of sp³-hybridized carbons (Fsp3) is 0.143. The number of nitrogen functional groups attached to an aromatic ring is 1. The molecule has 19 heavy (non-hydrogen) atoms. The van der Waals surface area contributed by atoms with E-state index in [2.05, 4.69) is 4.98 Å². The van der Waals surface area contributed by atoms with Gasteiger partial charge in [0.1, 0.15) is 11.6 Å². The quantitative estimate of drug-likeness (QED) is 0.664. The number of rotatable bonds is 4. The third kappa shape index (κ3) is 3.23. The Morgan fingerprint density at radius 2 is 2.16 bits per heavy atom. The predicted octanol–water partition coefficient (Wildman–Crippen LogP) is 3.37. The first-order valence-electron chi connectivity index (χ1n) is 5.87.